The lowest BCUT2D eigenvalue weighted by molar-refractivity contribution is -0.289. The Bertz CT molecular complexity index is 1210. The Morgan fingerprint density at radius 2 is 1.70 bits per heavy atom. The summed E-state index contributed by atoms with van der Waals surface area (Å²) < 4.78 is 37.7. The third-order valence-corrected chi connectivity index (χ3v) is 7.17. The fourth-order valence-electron chi connectivity index (χ4n) is 4.48. The molecule has 15 heteroatoms. The highest BCUT2D eigenvalue weighted by molar-refractivity contribution is 5.89. The smallest absolute Gasteiger partial charge is 0.338 e. The predicted molar refractivity (Wildman–Crippen MR) is 142 cm³/mol. The zero-order valence-electron chi connectivity index (χ0n) is 23.4. The monoisotopic (exact) mass is 612 g/mol. The third-order valence-electron chi connectivity index (χ3n) is 7.17. The number of methoxy groups -OCH3 is 2. The van der Waals surface area contributed by atoms with Crippen LogP contribution >= 0.6 is 0 Å². The Hall–Kier alpha value is -3.09. The summed E-state index contributed by atoms with van der Waals surface area (Å²) in [5.74, 6) is -0.0212. The molecule has 15 nitrogen and oxygen atoms in total. The van der Waals surface area contributed by atoms with E-state index in [1.54, 1.807) is 12.1 Å². The van der Waals surface area contributed by atoms with Gasteiger partial charge in [-0.2, -0.15) is 0 Å². The number of benzene rings is 2. The molecular weight excluding hydrogens is 576 g/mol. The minimum Gasteiger partial charge on any atom is -0.497 e. The summed E-state index contributed by atoms with van der Waals surface area (Å²) in [5, 5.41) is 71.9. The van der Waals surface area contributed by atoms with Crippen molar-refractivity contribution in [2.75, 3.05) is 40.6 Å². The fraction of sp³-hybridized carbons (Fsp3) is 0.536. The standard InChI is InChI=1S/C28H36O15/c1-37-16-6-3-14(4-7-16)25(35)40-12-28(36)13-41-27(24(28)34)39-11-20-21(31)22(32)23(33)26(43-20)42-18-8-5-15(17(30)10-29)9-19(18)38-2/h3-9,17,20-24,26-27,29-34,36H,10-13H2,1-2H3/t17?,20-,21-,22+,23-,24+,26-,27-,28-/m1/s1. The summed E-state index contributed by atoms with van der Waals surface area (Å²) in [6.07, 6.45) is -12.1. The van der Waals surface area contributed by atoms with Gasteiger partial charge in [0.2, 0.25) is 6.29 Å². The number of ether oxygens (including phenoxy) is 7. The second-order valence-corrected chi connectivity index (χ2v) is 10.1. The molecular formula is C28H36O15. The van der Waals surface area contributed by atoms with Crippen molar-refractivity contribution in [1.82, 2.24) is 0 Å². The number of aliphatic hydroxyl groups is 7. The van der Waals surface area contributed by atoms with Gasteiger partial charge in [-0.05, 0) is 42.0 Å². The Kier molecular flexibility index (Phi) is 10.8. The van der Waals surface area contributed by atoms with Crippen molar-refractivity contribution < 1.29 is 73.7 Å². The third kappa shape index (κ3) is 7.35. The first-order valence-corrected chi connectivity index (χ1v) is 13.3. The molecule has 0 amide bonds. The average molecular weight is 613 g/mol. The SMILES string of the molecule is COc1ccc(C(=O)OC[C@@]2(O)CO[C@@H](OC[C@H]3O[C@@H](Oc4ccc(C(O)CO)cc4OC)[C@H](O)[C@@H](O)[C@@H]3O)[C@@H]2O)cc1. The average Bonchev–Trinajstić information content (AvgIpc) is 3.31. The zero-order chi connectivity index (χ0) is 31.3. The Morgan fingerprint density at radius 1 is 0.977 bits per heavy atom. The normalized spacial score (nSPS) is 31.3. The van der Waals surface area contributed by atoms with Gasteiger partial charge in [0.25, 0.3) is 0 Å². The van der Waals surface area contributed by atoms with E-state index in [0.717, 1.165) is 0 Å². The van der Waals surface area contributed by atoms with Crippen LogP contribution < -0.4 is 14.2 Å². The molecule has 2 aromatic rings. The molecule has 2 heterocycles. The molecule has 7 N–H and O–H groups in total. The van der Waals surface area contributed by atoms with E-state index < -0.39 is 87.2 Å². The molecule has 0 radical (unpaired) electrons. The van der Waals surface area contributed by atoms with Crippen LogP contribution in [0.15, 0.2) is 42.5 Å². The number of carbonyl (C=O) groups excluding carboxylic acids is 1. The van der Waals surface area contributed by atoms with Crippen LogP contribution in [0.5, 0.6) is 17.2 Å². The first-order valence-electron chi connectivity index (χ1n) is 13.3. The molecule has 2 fully saturated rings. The minimum atomic E-state index is -2.01. The maximum atomic E-state index is 12.4. The molecule has 1 unspecified atom stereocenters. The number of hydrogen-bond donors (Lipinski definition) is 7. The van der Waals surface area contributed by atoms with Gasteiger partial charge in [0.05, 0.1) is 39.6 Å². The number of carbonyl (C=O) groups is 1. The van der Waals surface area contributed by atoms with Crippen LogP contribution in [0.4, 0.5) is 0 Å². The number of rotatable bonds is 12. The summed E-state index contributed by atoms with van der Waals surface area (Å²) in [5.41, 5.74) is -1.47. The van der Waals surface area contributed by atoms with Crippen LogP contribution in [0.3, 0.4) is 0 Å². The van der Waals surface area contributed by atoms with Crippen molar-refractivity contribution in [3.8, 4) is 17.2 Å². The van der Waals surface area contributed by atoms with Gasteiger partial charge in [0, 0.05) is 0 Å². The zero-order valence-corrected chi connectivity index (χ0v) is 23.4. The first-order chi connectivity index (χ1) is 20.5. The van der Waals surface area contributed by atoms with E-state index in [1.165, 1.54) is 44.6 Å². The quantitative estimate of drug-likeness (QED) is 0.132. The van der Waals surface area contributed by atoms with E-state index in [2.05, 4.69) is 0 Å². The van der Waals surface area contributed by atoms with Gasteiger partial charge < -0.3 is 68.9 Å². The van der Waals surface area contributed by atoms with Crippen molar-refractivity contribution in [3.05, 3.63) is 53.6 Å². The maximum Gasteiger partial charge on any atom is 0.338 e. The van der Waals surface area contributed by atoms with Crippen LogP contribution in [0, 0.1) is 0 Å². The van der Waals surface area contributed by atoms with E-state index in [9.17, 15) is 40.5 Å². The molecule has 4 rings (SSSR count). The van der Waals surface area contributed by atoms with Crippen molar-refractivity contribution in [2.24, 2.45) is 0 Å². The van der Waals surface area contributed by atoms with E-state index in [1.807, 2.05) is 0 Å². The van der Waals surface area contributed by atoms with Gasteiger partial charge >= 0.3 is 5.97 Å². The van der Waals surface area contributed by atoms with E-state index >= 15 is 0 Å². The highest BCUT2D eigenvalue weighted by Gasteiger charge is 2.51. The van der Waals surface area contributed by atoms with Crippen LogP contribution in [-0.4, -0.2) is 131 Å². The highest BCUT2D eigenvalue weighted by atomic mass is 16.7. The van der Waals surface area contributed by atoms with Crippen LogP contribution in [0.2, 0.25) is 0 Å². The minimum absolute atomic E-state index is 0.0625. The first kappa shape index (κ1) is 32.8. The van der Waals surface area contributed by atoms with E-state index in [4.69, 9.17) is 33.2 Å². The van der Waals surface area contributed by atoms with Gasteiger partial charge in [0.1, 0.15) is 49.0 Å². The number of esters is 1. The topological polar surface area (TPSA) is 223 Å². The van der Waals surface area contributed by atoms with Gasteiger partial charge in [0.15, 0.2) is 23.4 Å². The predicted octanol–water partition coefficient (Wildman–Crippen LogP) is -1.76. The molecule has 43 heavy (non-hydrogen) atoms. The number of hydrogen-bond acceptors (Lipinski definition) is 15. The molecule has 0 aliphatic carbocycles. The van der Waals surface area contributed by atoms with Crippen LogP contribution in [0.1, 0.15) is 22.0 Å². The number of aliphatic hydroxyl groups excluding tert-OH is 6. The molecule has 2 aliphatic rings. The summed E-state index contributed by atoms with van der Waals surface area (Å²) in [6, 6.07) is 10.3. The Morgan fingerprint density at radius 3 is 2.35 bits per heavy atom. The van der Waals surface area contributed by atoms with Gasteiger partial charge in [-0.25, -0.2) is 4.79 Å². The van der Waals surface area contributed by atoms with Gasteiger partial charge in [-0.3, -0.25) is 0 Å². The molecule has 2 aliphatic heterocycles. The van der Waals surface area contributed by atoms with E-state index in [0.29, 0.717) is 11.3 Å². The second-order valence-electron chi connectivity index (χ2n) is 10.1. The summed E-state index contributed by atoms with van der Waals surface area (Å²) in [4.78, 5) is 12.4. The lowest BCUT2D eigenvalue weighted by Gasteiger charge is -2.40. The summed E-state index contributed by atoms with van der Waals surface area (Å²) in [6.45, 7) is -2.06. The van der Waals surface area contributed by atoms with Gasteiger partial charge in [-0.15, -0.1) is 0 Å². The van der Waals surface area contributed by atoms with Crippen LogP contribution in [0.25, 0.3) is 0 Å². The molecule has 0 saturated carbocycles. The Balaban J connectivity index is 1.34. The van der Waals surface area contributed by atoms with Gasteiger partial charge in [-0.1, -0.05) is 6.07 Å². The van der Waals surface area contributed by atoms with Crippen LogP contribution in [-0.2, 0) is 18.9 Å². The molecule has 0 bridgehead atoms. The largest absolute Gasteiger partial charge is 0.497 e. The molecule has 2 aromatic carbocycles. The lowest BCUT2D eigenvalue weighted by atomic mass is 9.99. The summed E-state index contributed by atoms with van der Waals surface area (Å²) in [7, 11) is 2.81. The lowest BCUT2D eigenvalue weighted by Crippen LogP contribution is -2.60. The van der Waals surface area contributed by atoms with E-state index in [-0.39, 0.29) is 17.1 Å². The molecule has 9 atom stereocenters. The maximum absolute atomic E-state index is 12.4. The molecule has 238 valence electrons. The molecule has 0 aromatic heterocycles. The molecule has 0 spiro atoms. The highest BCUT2D eigenvalue weighted by Crippen LogP contribution is 2.34. The molecule has 2 saturated heterocycles. The Labute approximate surface area is 246 Å². The fourth-order valence-corrected chi connectivity index (χ4v) is 4.48. The van der Waals surface area contributed by atoms with Crippen molar-refractivity contribution in [3.63, 3.8) is 0 Å². The second kappa shape index (κ2) is 14.1. The van der Waals surface area contributed by atoms with Crippen molar-refractivity contribution >= 4 is 5.97 Å². The van der Waals surface area contributed by atoms with Crippen molar-refractivity contribution in [2.45, 2.75) is 54.8 Å². The van der Waals surface area contributed by atoms with Crippen molar-refractivity contribution in [1.29, 1.82) is 0 Å². The summed E-state index contributed by atoms with van der Waals surface area (Å²) >= 11 is 0.